The molecule has 5 nitrogen and oxygen atoms in total. The number of rotatable bonds is 7. The molecule has 0 atom stereocenters. The summed E-state index contributed by atoms with van der Waals surface area (Å²) in [4.78, 5) is 25.9. The zero-order valence-corrected chi connectivity index (χ0v) is 15.7. The van der Waals surface area contributed by atoms with Gasteiger partial charge in [-0.3, -0.25) is 9.59 Å². The van der Waals surface area contributed by atoms with Crippen molar-refractivity contribution in [2.24, 2.45) is 5.92 Å². The van der Waals surface area contributed by atoms with Crippen LogP contribution in [0.15, 0.2) is 24.3 Å². The molecule has 0 radical (unpaired) electrons. The molecule has 6 heteroatoms. The zero-order valence-electron chi connectivity index (χ0n) is 15.0. The van der Waals surface area contributed by atoms with Crippen LogP contribution in [-0.2, 0) is 9.59 Å². The maximum Gasteiger partial charge on any atom is 0.225 e. The summed E-state index contributed by atoms with van der Waals surface area (Å²) in [6.45, 7) is 5.78. The van der Waals surface area contributed by atoms with Gasteiger partial charge in [-0.05, 0) is 43.5 Å². The molecular formula is C19H27ClN2O3. The number of hydrogen-bond donors (Lipinski definition) is 1. The lowest BCUT2D eigenvalue weighted by molar-refractivity contribution is -0.135. The van der Waals surface area contributed by atoms with Gasteiger partial charge < -0.3 is 15.0 Å². The number of piperidine rings is 1. The van der Waals surface area contributed by atoms with Crippen molar-refractivity contribution in [1.29, 1.82) is 0 Å². The average Bonchev–Trinajstić information content (AvgIpc) is 2.60. The molecule has 1 heterocycles. The van der Waals surface area contributed by atoms with Crippen molar-refractivity contribution in [1.82, 2.24) is 10.2 Å². The van der Waals surface area contributed by atoms with Crippen LogP contribution in [0, 0.1) is 5.92 Å². The van der Waals surface area contributed by atoms with E-state index in [2.05, 4.69) is 5.32 Å². The third-order valence-electron chi connectivity index (χ3n) is 4.30. The molecule has 1 aliphatic rings. The van der Waals surface area contributed by atoms with Crippen LogP contribution >= 0.6 is 11.6 Å². The van der Waals surface area contributed by atoms with E-state index >= 15 is 0 Å². The molecule has 1 fully saturated rings. The smallest absolute Gasteiger partial charge is 0.225 e. The van der Waals surface area contributed by atoms with Crippen molar-refractivity contribution in [2.75, 3.05) is 19.7 Å². The van der Waals surface area contributed by atoms with Crippen molar-refractivity contribution in [3.8, 4) is 5.75 Å². The molecule has 2 rings (SSSR count). The van der Waals surface area contributed by atoms with Gasteiger partial charge in [-0.2, -0.15) is 0 Å². The molecule has 0 aliphatic carbocycles. The van der Waals surface area contributed by atoms with Gasteiger partial charge in [0.25, 0.3) is 0 Å². The molecule has 1 N–H and O–H groups in total. The standard InChI is InChI=1S/C19H27ClN2O3/c1-14(2)19(24)22-11-9-16(10-12-22)21-18(23)4-3-13-25-17-7-5-15(20)6-8-17/h5-8,14,16H,3-4,9-13H2,1-2H3,(H,21,23). The van der Waals surface area contributed by atoms with E-state index in [0.717, 1.165) is 31.7 Å². The lowest BCUT2D eigenvalue weighted by Crippen LogP contribution is -2.47. The molecule has 0 spiro atoms. The minimum absolute atomic E-state index is 0.0341. The molecule has 1 aromatic carbocycles. The normalized spacial score (nSPS) is 15.3. The Morgan fingerprint density at radius 1 is 1.24 bits per heavy atom. The largest absolute Gasteiger partial charge is 0.494 e. The van der Waals surface area contributed by atoms with Crippen molar-refractivity contribution in [3.05, 3.63) is 29.3 Å². The Kier molecular flexibility index (Phi) is 7.56. The Bertz CT molecular complexity index is 567. The molecule has 0 unspecified atom stereocenters. The highest BCUT2D eigenvalue weighted by atomic mass is 35.5. The summed E-state index contributed by atoms with van der Waals surface area (Å²) in [5.41, 5.74) is 0. The summed E-state index contributed by atoms with van der Waals surface area (Å²) in [5.74, 6) is 1.04. The van der Waals surface area contributed by atoms with Gasteiger partial charge in [-0.25, -0.2) is 0 Å². The number of carbonyl (C=O) groups is 2. The molecule has 25 heavy (non-hydrogen) atoms. The Morgan fingerprint density at radius 3 is 2.48 bits per heavy atom. The first kappa shape index (κ1) is 19.6. The molecule has 0 saturated carbocycles. The first-order valence-electron chi connectivity index (χ1n) is 8.92. The Balaban J connectivity index is 1.60. The van der Waals surface area contributed by atoms with Crippen molar-refractivity contribution in [2.45, 2.75) is 45.6 Å². The zero-order chi connectivity index (χ0) is 18.2. The predicted octanol–water partition coefficient (Wildman–Crippen LogP) is 3.26. The average molecular weight is 367 g/mol. The SMILES string of the molecule is CC(C)C(=O)N1CCC(NC(=O)CCCOc2ccc(Cl)cc2)CC1. The number of hydrogen-bond acceptors (Lipinski definition) is 3. The van der Waals surface area contributed by atoms with E-state index in [1.807, 2.05) is 30.9 Å². The molecule has 2 amide bonds. The number of halogens is 1. The number of benzene rings is 1. The van der Waals surface area contributed by atoms with Crippen LogP contribution < -0.4 is 10.1 Å². The second-order valence-corrected chi connectivity index (χ2v) is 7.16. The fourth-order valence-electron chi connectivity index (χ4n) is 2.86. The first-order chi connectivity index (χ1) is 12.0. The maximum absolute atomic E-state index is 12.0. The molecule has 0 aromatic heterocycles. The van der Waals surface area contributed by atoms with Crippen LogP contribution in [0.25, 0.3) is 0 Å². The van der Waals surface area contributed by atoms with Crippen LogP contribution in [0.2, 0.25) is 5.02 Å². The van der Waals surface area contributed by atoms with Crippen LogP contribution in [-0.4, -0.2) is 42.5 Å². The number of nitrogens with zero attached hydrogens (tertiary/aromatic N) is 1. The molecule has 1 aliphatic heterocycles. The van der Waals surface area contributed by atoms with Crippen molar-refractivity contribution < 1.29 is 14.3 Å². The molecule has 0 bridgehead atoms. The Labute approximate surface area is 154 Å². The number of likely N-dealkylation sites (tertiary alicyclic amines) is 1. The highest BCUT2D eigenvalue weighted by molar-refractivity contribution is 6.30. The fourth-order valence-corrected chi connectivity index (χ4v) is 2.99. The van der Waals surface area contributed by atoms with E-state index in [9.17, 15) is 9.59 Å². The maximum atomic E-state index is 12.0. The third-order valence-corrected chi connectivity index (χ3v) is 4.55. The molecule has 1 saturated heterocycles. The summed E-state index contributed by atoms with van der Waals surface area (Å²) >= 11 is 5.82. The number of ether oxygens (including phenoxy) is 1. The highest BCUT2D eigenvalue weighted by Crippen LogP contribution is 2.16. The van der Waals surface area contributed by atoms with E-state index < -0.39 is 0 Å². The Hall–Kier alpha value is -1.75. The second-order valence-electron chi connectivity index (χ2n) is 6.73. The molecule has 1 aromatic rings. The van der Waals surface area contributed by atoms with Gasteiger partial charge >= 0.3 is 0 Å². The topological polar surface area (TPSA) is 58.6 Å². The summed E-state index contributed by atoms with van der Waals surface area (Å²) in [7, 11) is 0. The lowest BCUT2D eigenvalue weighted by Gasteiger charge is -2.33. The van der Waals surface area contributed by atoms with Gasteiger partial charge in [0.15, 0.2) is 0 Å². The van der Waals surface area contributed by atoms with E-state index in [1.54, 1.807) is 12.1 Å². The quantitative estimate of drug-likeness (QED) is 0.753. The highest BCUT2D eigenvalue weighted by Gasteiger charge is 2.24. The first-order valence-corrected chi connectivity index (χ1v) is 9.30. The van der Waals surface area contributed by atoms with E-state index in [0.29, 0.717) is 24.5 Å². The number of amides is 2. The van der Waals surface area contributed by atoms with E-state index in [1.165, 1.54) is 0 Å². The van der Waals surface area contributed by atoms with Crippen LogP contribution in [0.3, 0.4) is 0 Å². The van der Waals surface area contributed by atoms with E-state index in [-0.39, 0.29) is 23.8 Å². The van der Waals surface area contributed by atoms with Crippen LogP contribution in [0.4, 0.5) is 0 Å². The van der Waals surface area contributed by atoms with Gasteiger partial charge in [-0.15, -0.1) is 0 Å². The van der Waals surface area contributed by atoms with E-state index in [4.69, 9.17) is 16.3 Å². The summed E-state index contributed by atoms with van der Waals surface area (Å²) in [6.07, 6.45) is 2.76. The number of carbonyl (C=O) groups excluding carboxylic acids is 2. The third kappa shape index (κ3) is 6.58. The van der Waals surface area contributed by atoms with Gasteiger partial charge in [0, 0.05) is 36.5 Å². The fraction of sp³-hybridized carbons (Fsp3) is 0.579. The predicted molar refractivity (Wildman–Crippen MR) is 98.8 cm³/mol. The second kappa shape index (κ2) is 9.66. The van der Waals surface area contributed by atoms with Gasteiger partial charge in [0.05, 0.1) is 6.61 Å². The summed E-state index contributed by atoms with van der Waals surface area (Å²) in [6, 6.07) is 7.35. The van der Waals surface area contributed by atoms with Crippen LogP contribution in [0.5, 0.6) is 5.75 Å². The monoisotopic (exact) mass is 366 g/mol. The molecule has 138 valence electrons. The van der Waals surface area contributed by atoms with Gasteiger partial charge in [0.1, 0.15) is 5.75 Å². The van der Waals surface area contributed by atoms with Crippen LogP contribution in [0.1, 0.15) is 39.5 Å². The lowest BCUT2D eigenvalue weighted by atomic mass is 10.0. The molecular weight excluding hydrogens is 340 g/mol. The Morgan fingerprint density at radius 2 is 1.88 bits per heavy atom. The number of nitrogens with one attached hydrogen (secondary N) is 1. The van der Waals surface area contributed by atoms with Gasteiger partial charge in [-0.1, -0.05) is 25.4 Å². The van der Waals surface area contributed by atoms with Crippen molar-refractivity contribution in [3.63, 3.8) is 0 Å². The minimum atomic E-state index is 0.0341. The van der Waals surface area contributed by atoms with Gasteiger partial charge in [0.2, 0.25) is 11.8 Å². The van der Waals surface area contributed by atoms with Crippen molar-refractivity contribution >= 4 is 23.4 Å². The minimum Gasteiger partial charge on any atom is -0.494 e. The summed E-state index contributed by atoms with van der Waals surface area (Å²) in [5, 5.41) is 3.74. The summed E-state index contributed by atoms with van der Waals surface area (Å²) < 4.78 is 5.58.